The van der Waals surface area contributed by atoms with Gasteiger partial charge in [0.1, 0.15) is 0 Å². The van der Waals surface area contributed by atoms with Crippen LogP contribution in [0.15, 0.2) is 0 Å². The topological polar surface area (TPSA) is 49.7 Å². The summed E-state index contributed by atoms with van der Waals surface area (Å²) in [5.74, 6) is 0.779. The summed E-state index contributed by atoms with van der Waals surface area (Å²) in [6.07, 6.45) is 4.90. The van der Waals surface area contributed by atoms with E-state index in [1.54, 1.807) is 0 Å². The number of aliphatic hydroxyl groups is 2. The van der Waals surface area contributed by atoms with E-state index < -0.39 is 5.60 Å². The molecule has 0 aromatic heterocycles. The first-order valence-electron chi connectivity index (χ1n) is 7.35. The predicted molar refractivity (Wildman–Crippen MR) is 69.2 cm³/mol. The standard InChI is InChI=1S/C15H26O3/c1-13-7-4-5-10-12(13)14(2,8-6-11(13)17)18-15(10,3)9-16/h10-12,16-17H,4-9H2,1-3H3/t10-,11+,12+,13-,14+,15+/m0/s1. The van der Waals surface area contributed by atoms with Crippen LogP contribution >= 0.6 is 0 Å². The molecule has 18 heavy (non-hydrogen) atoms. The molecular weight excluding hydrogens is 228 g/mol. The van der Waals surface area contributed by atoms with Crippen molar-refractivity contribution in [1.29, 1.82) is 0 Å². The van der Waals surface area contributed by atoms with Crippen LogP contribution in [0.2, 0.25) is 0 Å². The van der Waals surface area contributed by atoms with E-state index >= 15 is 0 Å². The average molecular weight is 254 g/mol. The maximum absolute atomic E-state index is 10.5. The Labute approximate surface area is 110 Å². The van der Waals surface area contributed by atoms with E-state index in [0.29, 0.717) is 11.8 Å². The molecule has 2 N–H and O–H groups in total. The van der Waals surface area contributed by atoms with Crippen molar-refractivity contribution in [2.24, 2.45) is 17.3 Å². The lowest BCUT2D eigenvalue weighted by Gasteiger charge is -2.54. The van der Waals surface area contributed by atoms with Crippen LogP contribution in [0.4, 0.5) is 0 Å². The van der Waals surface area contributed by atoms with E-state index in [-0.39, 0.29) is 23.7 Å². The Kier molecular flexibility index (Phi) is 2.66. The molecule has 1 heterocycles. The molecule has 0 radical (unpaired) electrons. The lowest BCUT2D eigenvalue weighted by atomic mass is 9.50. The molecule has 3 heteroatoms. The average Bonchev–Trinajstić information content (AvgIpc) is 2.57. The molecule has 2 saturated carbocycles. The van der Waals surface area contributed by atoms with Gasteiger partial charge >= 0.3 is 0 Å². The highest BCUT2D eigenvalue weighted by atomic mass is 16.5. The summed E-state index contributed by atoms with van der Waals surface area (Å²) in [6.45, 7) is 6.58. The van der Waals surface area contributed by atoms with Gasteiger partial charge in [0.25, 0.3) is 0 Å². The van der Waals surface area contributed by atoms with E-state index in [4.69, 9.17) is 4.74 Å². The lowest BCUT2D eigenvalue weighted by Crippen LogP contribution is -2.56. The highest BCUT2D eigenvalue weighted by molar-refractivity contribution is 5.15. The number of hydrogen-bond acceptors (Lipinski definition) is 3. The first-order chi connectivity index (χ1) is 8.36. The van der Waals surface area contributed by atoms with E-state index in [9.17, 15) is 10.2 Å². The lowest BCUT2D eigenvalue weighted by molar-refractivity contribution is -0.165. The second-order valence-electron chi connectivity index (χ2n) is 7.42. The Morgan fingerprint density at radius 3 is 2.56 bits per heavy atom. The molecule has 2 aliphatic carbocycles. The zero-order chi connectivity index (χ0) is 13.2. The van der Waals surface area contributed by atoms with Crippen LogP contribution in [0, 0.1) is 17.3 Å². The number of aliphatic hydroxyl groups excluding tert-OH is 2. The summed E-state index contributed by atoms with van der Waals surface area (Å²) in [4.78, 5) is 0. The van der Waals surface area contributed by atoms with Crippen molar-refractivity contribution < 1.29 is 14.9 Å². The highest BCUT2D eigenvalue weighted by Crippen LogP contribution is 2.64. The zero-order valence-electron chi connectivity index (χ0n) is 11.8. The van der Waals surface area contributed by atoms with Crippen LogP contribution in [0.5, 0.6) is 0 Å². The first kappa shape index (κ1) is 12.9. The quantitative estimate of drug-likeness (QED) is 0.753. The largest absolute Gasteiger partial charge is 0.393 e. The van der Waals surface area contributed by atoms with E-state index in [1.165, 1.54) is 0 Å². The normalized spacial score (nSPS) is 59.5. The van der Waals surface area contributed by atoms with Gasteiger partial charge in [-0.1, -0.05) is 13.3 Å². The maximum atomic E-state index is 10.5. The molecule has 0 bridgehead atoms. The molecule has 0 aromatic carbocycles. The fourth-order valence-electron chi connectivity index (χ4n) is 5.42. The molecular formula is C15H26O3. The SMILES string of the molecule is C[C@@]12CCC[C@H]3[C@H]1[C@@](C)(CC[C@H]2O)O[C@]3(C)CO. The smallest absolute Gasteiger partial charge is 0.0923 e. The number of rotatable bonds is 1. The van der Waals surface area contributed by atoms with Gasteiger partial charge in [0.05, 0.1) is 23.9 Å². The van der Waals surface area contributed by atoms with Crippen molar-refractivity contribution in [3.8, 4) is 0 Å². The summed E-state index contributed by atoms with van der Waals surface area (Å²) in [7, 11) is 0. The van der Waals surface area contributed by atoms with Crippen LogP contribution in [0.3, 0.4) is 0 Å². The molecule has 0 unspecified atom stereocenters. The zero-order valence-corrected chi connectivity index (χ0v) is 11.8. The van der Waals surface area contributed by atoms with Gasteiger partial charge in [0.2, 0.25) is 0 Å². The van der Waals surface area contributed by atoms with Crippen molar-refractivity contribution in [1.82, 2.24) is 0 Å². The fraction of sp³-hybridized carbons (Fsp3) is 1.00. The molecule has 0 amide bonds. The monoisotopic (exact) mass is 254 g/mol. The summed E-state index contributed by atoms with van der Waals surface area (Å²) in [5, 5.41) is 20.2. The molecule has 3 fully saturated rings. The van der Waals surface area contributed by atoms with Gasteiger partial charge in [-0.05, 0) is 50.9 Å². The minimum atomic E-state index is -0.412. The van der Waals surface area contributed by atoms with E-state index in [2.05, 4.69) is 20.8 Å². The van der Waals surface area contributed by atoms with Gasteiger partial charge in [-0.2, -0.15) is 0 Å². The highest BCUT2D eigenvalue weighted by Gasteiger charge is 2.67. The Morgan fingerprint density at radius 1 is 1.17 bits per heavy atom. The van der Waals surface area contributed by atoms with Crippen LogP contribution < -0.4 is 0 Å². The summed E-state index contributed by atoms with van der Waals surface area (Å²) >= 11 is 0. The Morgan fingerprint density at radius 2 is 1.89 bits per heavy atom. The van der Waals surface area contributed by atoms with Gasteiger partial charge in [-0.15, -0.1) is 0 Å². The number of ether oxygens (including phenoxy) is 1. The summed E-state index contributed by atoms with van der Waals surface area (Å²) in [5.41, 5.74) is -0.593. The second-order valence-corrected chi connectivity index (χ2v) is 7.42. The van der Waals surface area contributed by atoms with E-state index in [1.807, 2.05) is 0 Å². The van der Waals surface area contributed by atoms with Crippen molar-refractivity contribution in [2.75, 3.05) is 6.61 Å². The Hall–Kier alpha value is -0.120. The van der Waals surface area contributed by atoms with Crippen molar-refractivity contribution in [3.63, 3.8) is 0 Å². The Balaban J connectivity index is 2.06. The Bertz CT molecular complexity index is 358. The molecule has 3 rings (SSSR count). The fourth-order valence-corrected chi connectivity index (χ4v) is 5.42. The molecule has 6 atom stereocenters. The molecule has 0 spiro atoms. The predicted octanol–water partition coefficient (Wildman–Crippen LogP) is 2.10. The third-order valence-electron chi connectivity index (χ3n) is 6.24. The molecule has 0 aromatic rings. The van der Waals surface area contributed by atoms with Gasteiger partial charge in [0, 0.05) is 5.92 Å². The van der Waals surface area contributed by atoms with Crippen molar-refractivity contribution >= 4 is 0 Å². The van der Waals surface area contributed by atoms with Gasteiger partial charge in [-0.25, -0.2) is 0 Å². The molecule has 1 aliphatic heterocycles. The van der Waals surface area contributed by atoms with Gasteiger partial charge < -0.3 is 14.9 Å². The molecule has 104 valence electrons. The molecule has 3 aliphatic rings. The van der Waals surface area contributed by atoms with Gasteiger partial charge in [-0.3, -0.25) is 0 Å². The van der Waals surface area contributed by atoms with Crippen LogP contribution in [-0.2, 0) is 4.74 Å². The van der Waals surface area contributed by atoms with Crippen LogP contribution in [0.1, 0.15) is 52.9 Å². The third-order valence-corrected chi connectivity index (χ3v) is 6.24. The number of hydrogen-bond donors (Lipinski definition) is 2. The van der Waals surface area contributed by atoms with Crippen LogP contribution in [0.25, 0.3) is 0 Å². The third kappa shape index (κ3) is 1.41. The summed E-state index contributed by atoms with van der Waals surface area (Å²) < 4.78 is 6.36. The molecule has 1 saturated heterocycles. The van der Waals surface area contributed by atoms with Crippen molar-refractivity contribution in [3.05, 3.63) is 0 Å². The molecule has 3 nitrogen and oxygen atoms in total. The van der Waals surface area contributed by atoms with Crippen LogP contribution in [-0.4, -0.2) is 34.1 Å². The first-order valence-corrected chi connectivity index (χ1v) is 7.35. The maximum Gasteiger partial charge on any atom is 0.0923 e. The van der Waals surface area contributed by atoms with Gasteiger partial charge in [0.15, 0.2) is 0 Å². The minimum absolute atomic E-state index is 0.0250. The summed E-state index contributed by atoms with van der Waals surface area (Å²) in [6, 6.07) is 0. The van der Waals surface area contributed by atoms with E-state index in [0.717, 1.165) is 32.1 Å². The second kappa shape index (κ2) is 3.71. The van der Waals surface area contributed by atoms with Crippen molar-refractivity contribution in [2.45, 2.75) is 70.2 Å². The minimum Gasteiger partial charge on any atom is -0.393 e.